The van der Waals surface area contributed by atoms with E-state index in [-0.39, 0.29) is 6.17 Å². The van der Waals surface area contributed by atoms with Gasteiger partial charge < -0.3 is 15.8 Å². The van der Waals surface area contributed by atoms with E-state index in [1.807, 2.05) is 0 Å². The summed E-state index contributed by atoms with van der Waals surface area (Å²) >= 11 is 0. The van der Waals surface area contributed by atoms with E-state index in [1.165, 1.54) is 0 Å². The number of alkyl carbamates (subject to hydrolysis) is 1. The highest BCUT2D eigenvalue weighted by atomic mass is 16.6. The van der Waals surface area contributed by atoms with E-state index in [0.29, 0.717) is 0 Å². The van der Waals surface area contributed by atoms with E-state index >= 15 is 0 Å². The molecule has 0 saturated carbocycles. The molecule has 0 aromatic carbocycles. The standard InChI is InChI=1S/C7H16N2O2/c1-5(8)9-6(10)11-7(2,3)4/h5H,8H2,1-4H3,(H,9,10). The summed E-state index contributed by atoms with van der Waals surface area (Å²) in [5.74, 6) is 0. The molecule has 0 aliphatic carbocycles. The number of nitrogens with one attached hydrogen (secondary N) is 1. The largest absolute Gasteiger partial charge is 0.444 e. The van der Waals surface area contributed by atoms with Gasteiger partial charge in [-0.1, -0.05) is 0 Å². The Morgan fingerprint density at radius 3 is 2.27 bits per heavy atom. The highest BCUT2D eigenvalue weighted by Gasteiger charge is 2.16. The molecule has 0 spiro atoms. The van der Waals surface area contributed by atoms with Gasteiger partial charge in [-0.15, -0.1) is 0 Å². The van der Waals surface area contributed by atoms with Crippen molar-refractivity contribution in [2.24, 2.45) is 5.73 Å². The maximum absolute atomic E-state index is 10.9. The lowest BCUT2D eigenvalue weighted by molar-refractivity contribution is 0.0510. The Hall–Kier alpha value is -0.770. The van der Waals surface area contributed by atoms with Gasteiger partial charge in [0, 0.05) is 0 Å². The quantitative estimate of drug-likeness (QED) is 0.558. The summed E-state index contributed by atoms with van der Waals surface area (Å²) in [6.07, 6.45) is -0.850. The van der Waals surface area contributed by atoms with Crippen LogP contribution in [0.5, 0.6) is 0 Å². The summed E-state index contributed by atoms with van der Waals surface area (Å²) in [5.41, 5.74) is 4.84. The van der Waals surface area contributed by atoms with Crippen LogP contribution in [-0.2, 0) is 4.74 Å². The molecule has 0 aliphatic heterocycles. The molecule has 3 N–H and O–H groups in total. The minimum Gasteiger partial charge on any atom is -0.444 e. The SMILES string of the molecule is CC(N)NC(=O)OC(C)(C)C. The maximum Gasteiger partial charge on any atom is 0.408 e. The second-order valence-corrected chi connectivity index (χ2v) is 3.43. The molecule has 0 bridgehead atoms. The van der Waals surface area contributed by atoms with Crippen molar-refractivity contribution in [3.8, 4) is 0 Å². The van der Waals surface area contributed by atoms with Crippen LogP contribution in [0.2, 0.25) is 0 Å². The molecule has 1 unspecified atom stereocenters. The zero-order chi connectivity index (χ0) is 9.07. The topological polar surface area (TPSA) is 64.3 Å². The Morgan fingerprint density at radius 2 is 2.00 bits per heavy atom. The predicted octanol–water partition coefficient (Wildman–Crippen LogP) is 0.816. The molecule has 0 fully saturated rings. The molecule has 11 heavy (non-hydrogen) atoms. The number of carbonyl (C=O) groups is 1. The molecule has 0 aliphatic rings. The van der Waals surface area contributed by atoms with Gasteiger partial charge in [-0.3, -0.25) is 0 Å². The minimum absolute atomic E-state index is 0.371. The fourth-order valence-corrected chi connectivity index (χ4v) is 0.493. The van der Waals surface area contributed by atoms with E-state index in [1.54, 1.807) is 27.7 Å². The minimum atomic E-state index is -0.479. The van der Waals surface area contributed by atoms with Gasteiger partial charge in [-0.25, -0.2) is 4.79 Å². The van der Waals surface area contributed by atoms with Crippen molar-refractivity contribution in [2.45, 2.75) is 39.5 Å². The third-order valence-electron chi connectivity index (χ3n) is 0.744. The maximum atomic E-state index is 10.9. The van der Waals surface area contributed by atoms with Crippen molar-refractivity contribution in [2.75, 3.05) is 0 Å². The van der Waals surface area contributed by atoms with E-state index in [9.17, 15) is 4.79 Å². The van der Waals surface area contributed by atoms with Crippen LogP contribution in [0.4, 0.5) is 4.79 Å². The molecule has 1 atom stereocenters. The first-order valence-corrected chi connectivity index (χ1v) is 3.56. The Kier molecular flexibility index (Phi) is 3.32. The summed E-state index contributed by atoms with van der Waals surface area (Å²) in [4.78, 5) is 10.9. The first-order chi connectivity index (χ1) is 4.81. The van der Waals surface area contributed by atoms with Crippen LogP contribution < -0.4 is 11.1 Å². The van der Waals surface area contributed by atoms with Crippen LogP contribution in [0.3, 0.4) is 0 Å². The number of ether oxygens (including phenoxy) is 1. The third-order valence-corrected chi connectivity index (χ3v) is 0.744. The van der Waals surface area contributed by atoms with Crippen molar-refractivity contribution in [1.29, 1.82) is 0 Å². The summed E-state index contributed by atoms with van der Waals surface area (Å²) < 4.78 is 4.92. The molecule has 4 heteroatoms. The molecule has 0 rings (SSSR count). The number of rotatable bonds is 1. The van der Waals surface area contributed by atoms with Crippen LogP contribution in [0, 0.1) is 0 Å². The lowest BCUT2D eigenvalue weighted by atomic mass is 10.2. The number of hydrogen-bond donors (Lipinski definition) is 2. The second-order valence-electron chi connectivity index (χ2n) is 3.43. The number of carbonyl (C=O) groups excluding carboxylic acids is 1. The van der Waals surface area contributed by atoms with Crippen LogP contribution in [0.1, 0.15) is 27.7 Å². The first-order valence-electron chi connectivity index (χ1n) is 3.56. The van der Waals surface area contributed by atoms with Crippen LogP contribution in [-0.4, -0.2) is 17.9 Å². The summed E-state index contributed by atoms with van der Waals surface area (Å²) in [6, 6.07) is 0. The average molecular weight is 160 g/mol. The van der Waals surface area contributed by atoms with Crippen molar-refractivity contribution in [1.82, 2.24) is 5.32 Å². The lowest BCUT2D eigenvalue weighted by Crippen LogP contribution is -2.42. The van der Waals surface area contributed by atoms with E-state index in [4.69, 9.17) is 10.5 Å². The zero-order valence-electron chi connectivity index (χ0n) is 7.47. The van der Waals surface area contributed by atoms with Gasteiger partial charge in [0.2, 0.25) is 0 Å². The van der Waals surface area contributed by atoms with Gasteiger partial charge in [-0.05, 0) is 27.7 Å². The fourth-order valence-electron chi connectivity index (χ4n) is 0.493. The van der Waals surface area contributed by atoms with Crippen molar-refractivity contribution in [3.05, 3.63) is 0 Å². The Bertz CT molecular complexity index is 138. The van der Waals surface area contributed by atoms with Gasteiger partial charge in [0.05, 0.1) is 6.17 Å². The molecular weight excluding hydrogens is 144 g/mol. The van der Waals surface area contributed by atoms with Crippen molar-refractivity contribution >= 4 is 6.09 Å². The van der Waals surface area contributed by atoms with Crippen molar-refractivity contribution in [3.63, 3.8) is 0 Å². The molecule has 4 nitrogen and oxygen atoms in total. The van der Waals surface area contributed by atoms with Crippen LogP contribution >= 0.6 is 0 Å². The first kappa shape index (κ1) is 10.2. The molecular formula is C7H16N2O2. The van der Waals surface area contributed by atoms with E-state index in [2.05, 4.69) is 5.32 Å². The summed E-state index contributed by atoms with van der Waals surface area (Å²) in [7, 11) is 0. The van der Waals surface area contributed by atoms with Gasteiger partial charge >= 0.3 is 6.09 Å². The number of nitrogens with two attached hydrogens (primary N) is 1. The molecule has 0 aromatic rings. The van der Waals surface area contributed by atoms with E-state index < -0.39 is 11.7 Å². The Balaban J connectivity index is 3.71. The molecule has 0 heterocycles. The van der Waals surface area contributed by atoms with Gasteiger partial charge in [0.25, 0.3) is 0 Å². The summed E-state index contributed by atoms with van der Waals surface area (Å²) in [5, 5.41) is 2.42. The lowest BCUT2D eigenvalue weighted by Gasteiger charge is -2.20. The number of amides is 1. The monoisotopic (exact) mass is 160 g/mol. The third kappa shape index (κ3) is 7.12. The molecule has 0 radical (unpaired) electrons. The molecule has 1 amide bonds. The fraction of sp³-hybridized carbons (Fsp3) is 0.857. The Labute approximate surface area is 67.1 Å². The molecule has 66 valence electrons. The van der Waals surface area contributed by atoms with Gasteiger partial charge in [0.1, 0.15) is 5.60 Å². The van der Waals surface area contributed by atoms with Gasteiger partial charge in [-0.2, -0.15) is 0 Å². The average Bonchev–Trinajstić information content (AvgIpc) is 1.53. The van der Waals surface area contributed by atoms with E-state index in [0.717, 1.165) is 0 Å². The highest BCUT2D eigenvalue weighted by Crippen LogP contribution is 2.06. The van der Waals surface area contributed by atoms with Gasteiger partial charge in [0.15, 0.2) is 0 Å². The summed E-state index contributed by atoms with van der Waals surface area (Å²) in [6.45, 7) is 7.07. The van der Waals surface area contributed by atoms with Crippen LogP contribution in [0.15, 0.2) is 0 Å². The predicted molar refractivity (Wildman–Crippen MR) is 43.0 cm³/mol. The van der Waals surface area contributed by atoms with Crippen molar-refractivity contribution < 1.29 is 9.53 Å². The second kappa shape index (κ2) is 3.57. The van der Waals surface area contributed by atoms with Crippen LogP contribution in [0.25, 0.3) is 0 Å². The Morgan fingerprint density at radius 1 is 1.55 bits per heavy atom. The highest BCUT2D eigenvalue weighted by molar-refractivity contribution is 5.67. The smallest absolute Gasteiger partial charge is 0.408 e. The normalized spacial score (nSPS) is 13.9. The zero-order valence-corrected chi connectivity index (χ0v) is 7.47. The molecule has 0 saturated heterocycles. The molecule has 0 aromatic heterocycles. The number of hydrogen-bond acceptors (Lipinski definition) is 3.